The Labute approximate surface area is 267 Å². The summed E-state index contributed by atoms with van der Waals surface area (Å²) in [4.78, 5) is 26.2. The van der Waals surface area contributed by atoms with Crippen LogP contribution in [0.1, 0.15) is 36.0 Å². The van der Waals surface area contributed by atoms with Gasteiger partial charge in [-0.05, 0) is 55.6 Å². The highest BCUT2D eigenvalue weighted by molar-refractivity contribution is 7.23. The molecule has 234 valence electrons. The highest BCUT2D eigenvalue weighted by atomic mass is 35.5. The number of halogens is 2. The van der Waals surface area contributed by atoms with Crippen molar-refractivity contribution < 1.29 is 23.8 Å². The molecule has 1 amide bonds. The lowest BCUT2D eigenvalue weighted by molar-refractivity contribution is -0.127. The van der Waals surface area contributed by atoms with Crippen molar-refractivity contribution >= 4 is 60.7 Å². The van der Waals surface area contributed by atoms with E-state index in [4.69, 9.17) is 36.8 Å². The van der Waals surface area contributed by atoms with Crippen molar-refractivity contribution in [3.63, 3.8) is 0 Å². The first kappa shape index (κ1) is 29.9. The second-order valence-electron chi connectivity index (χ2n) is 11.9. The molecular formula is C31H31ClFN7O4S. The van der Waals surface area contributed by atoms with Crippen LogP contribution in [0.15, 0.2) is 12.1 Å². The van der Waals surface area contributed by atoms with Crippen molar-refractivity contribution in [2.24, 2.45) is 0 Å². The summed E-state index contributed by atoms with van der Waals surface area (Å²) in [5.74, 6) is -0.153. The first-order valence-corrected chi connectivity index (χ1v) is 15.9. The van der Waals surface area contributed by atoms with Gasteiger partial charge in [0.25, 0.3) is 0 Å². The van der Waals surface area contributed by atoms with Crippen LogP contribution in [0.4, 0.5) is 15.2 Å². The Morgan fingerprint density at radius 1 is 1.29 bits per heavy atom. The zero-order valence-electron chi connectivity index (χ0n) is 24.7. The Hall–Kier alpha value is -3.80. The molecule has 2 aromatic heterocycles. The second kappa shape index (κ2) is 11.2. The third kappa shape index (κ3) is 4.66. The lowest BCUT2D eigenvalue weighted by atomic mass is 9.91. The van der Waals surface area contributed by atoms with Gasteiger partial charge >= 0.3 is 6.01 Å². The third-order valence-electron chi connectivity index (χ3n) is 9.42. The number of anilines is 2. The first-order valence-electron chi connectivity index (χ1n) is 14.7. The van der Waals surface area contributed by atoms with Crippen LogP contribution in [0.3, 0.4) is 0 Å². The lowest BCUT2D eigenvalue weighted by Crippen LogP contribution is -2.49. The molecule has 0 saturated carbocycles. The van der Waals surface area contributed by atoms with E-state index >= 15 is 0 Å². The summed E-state index contributed by atoms with van der Waals surface area (Å²) in [6.07, 6.45) is 2.27. The molecule has 3 aliphatic rings. The number of aliphatic hydroxyl groups excluding tert-OH is 1. The van der Waals surface area contributed by atoms with Gasteiger partial charge in [-0.2, -0.15) is 15.2 Å². The van der Waals surface area contributed by atoms with Crippen molar-refractivity contribution in [3.8, 4) is 23.2 Å². The summed E-state index contributed by atoms with van der Waals surface area (Å²) in [5.41, 5.74) is 8.75. The number of amides is 1. The highest BCUT2D eigenvalue weighted by Crippen LogP contribution is 2.49. The number of ether oxygens (including phenoxy) is 2. The van der Waals surface area contributed by atoms with Gasteiger partial charge in [0.2, 0.25) is 5.91 Å². The summed E-state index contributed by atoms with van der Waals surface area (Å²) in [6.45, 7) is 1.93. The number of nitrogens with zero attached hydrogens (tertiary/aromatic N) is 5. The monoisotopic (exact) mass is 651 g/mol. The molecule has 2 saturated heterocycles. The standard InChI is InChI=1S/C31H31ClFN7O4S/c1-39-9-6-20(29(39)42)36-28-23-18-12-43-11-17(18)21(15-4-5-19(33)26-22(15)16(10-34)27(35)45-26)24(32)25(23)37-30(38-28)44-14-31(13-41)7-3-8-40(31)2/h4-5,20,41H,3,6-9,11-14,35H2,1-2H3,(H,36,37,38)/t20-,31?/m1/s1. The number of benzene rings is 2. The predicted octanol–water partition coefficient (Wildman–Crippen LogP) is 4.27. The molecule has 0 bridgehead atoms. The number of nitriles is 1. The molecule has 7 rings (SSSR count). The molecule has 2 fully saturated rings. The Kier molecular flexibility index (Phi) is 7.45. The quantitative estimate of drug-likeness (QED) is 0.264. The Morgan fingerprint density at radius 3 is 2.78 bits per heavy atom. The number of nitrogens with one attached hydrogen (secondary N) is 1. The average Bonchev–Trinajstić information content (AvgIpc) is 3.81. The summed E-state index contributed by atoms with van der Waals surface area (Å²) >= 11 is 8.28. The van der Waals surface area contributed by atoms with Crippen LogP contribution in [-0.2, 0) is 22.7 Å². The smallest absolute Gasteiger partial charge is 0.319 e. The lowest BCUT2D eigenvalue weighted by Gasteiger charge is -2.33. The SMILES string of the molecule is CN1CC[C@@H](Nc2nc(OCC3(CO)CCCN3C)nc3c(Cl)c(-c4ccc(F)c5sc(N)c(C#N)c45)c4c(c23)COC4)C1=O. The number of fused-ring (bicyclic) bond motifs is 4. The topological polar surface area (TPSA) is 150 Å². The summed E-state index contributed by atoms with van der Waals surface area (Å²) < 4.78 is 27.4. The maximum Gasteiger partial charge on any atom is 0.319 e. The number of carbonyl (C=O) groups is 1. The van der Waals surface area contributed by atoms with Gasteiger partial charge in [0.15, 0.2) is 0 Å². The van der Waals surface area contributed by atoms with E-state index in [0.717, 1.165) is 41.9 Å². The van der Waals surface area contributed by atoms with Crippen molar-refractivity contribution in [2.75, 3.05) is 51.4 Å². The predicted molar refractivity (Wildman–Crippen MR) is 170 cm³/mol. The molecule has 4 aromatic rings. The van der Waals surface area contributed by atoms with Gasteiger partial charge in [-0.3, -0.25) is 9.69 Å². The zero-order chi connectivity index (χ0) is 31.6. The van der Waals surface area contributed by atoms with Crippen molar-refractivity contribution in [3.05, 3.63) is 39.7 Å². The summed E-state index contributed by atoms with van der Waals surface area (Å²) in [6, 6.07) is 4.60. The molecular weight excluding hydrogens is 621 g/mol. The number of aromatic nitrogens is 2. The molecule has 45 heavy (non-hydrogen) atoms. The van der Waals surface area contributed by atoms with Gasteiger partial charge in [-0.25, -0.2) is 4.39 Å². The number of likely N-dealkylation sites (tertiary alicyclic amines) is 2. The number of thiophene rings is 1. The van der Waals surface area contributed by atoms with Crippen LogP contribution < -0.4 is 15.8 Å². The van der Waals surface area contributed by atoms with Crippen molar-refractivity contribution in [2.45, 2.75) is 44.1 Å². The fraction of sp³-hybridized carbons (Fsp3) is 0.419. The number of nitrogen functional groups attached to an aromatic ring is 1. The number of carbonyl (C=O) groups excluding carboxylic acids is 1. The highest BCUT2D eigenvalue weighted by Gasteiger charge is 2.40. The van der Waals surface area contributed by atoms with Gasteiger partial charge in [-0.15, -0.1) is 11.3 Å². The number of rotatable bonds is 7. The minimum Gasteiger partial charge on any atom is -0.461 e. The van der Waals surface area contributed by atoms with Crippen LogP contribution in [0.2, 0.25) is 5.02 Å². The van der Waals surface area contributed by atoms with Crippen LogP contribution >= 0.6 is 22.9 Å². The van der Waals surface area contributed by atoms with E-state index in [1.807, 2.05) is 7.05 Å². The maximum atomic E-state index is 15.0. The van der Waals surface area contributed by atoms with E-state index in [9.17, 15) is 19.6 Å². The minimum atomic E-state index is -0.580. The molecule has 4 N–H and O–H groups in total. The van der Waals surface area contributed by atoms with Crippen LogP contribution in [0.25, 0.3) is 32.1 Å². The zero-order valence-corrected chi connectivity index (χ0v) is 26.3. The second-order valence-corrected chi connectivity index (χ2v) is 13.3. The van der Waals surface area contributed by atoms with E-state index in [0.29, 0.717) is 46.2 Å². The van der Waals surface area contributed by atoms with Crippen LogP contribution in [0.5, 0.6) is 6.01 Å². The molecule has 5 heterocycles. The Morgan fingerprint density at radius 2 is 2.09 bits per heavy atom. The van der Waals surface area contributed by atoms with Crippen LogP contribution in [0, 0.1) is 17.1 Å². The number of likely N-dealkylation sites (N-methyl/N-ethyl adjacent to an activating group) is 2. The maximum absolute atomic E-state index is 15.0. The molecule has 0 spiro atoms. The van der Waals surface area contributed by atoms with Gasteiger partial charge < -0.3 is 30.5 Å². The average molecular weight is 652 g/mol. The summed E-state index contributed by atoms with van der Waals surface area (Å²) in [7, 11) is 3.71. The molecule has 3 aliphatic heterocycles. The molecule has 11 nitrogen and oxygen atoms in total. The molecule has 2 aromatic carbocycles. The fourth-order valence-corrected chi connectivity index (χ4v) is 8.09. The Bertz CT molecular complexity index is 1930. The number of hydrogen-bond acceptors (Lipinski definition) is 11. The van der Waals surface area contributed by atoms with Gasteiger partial charge in [0, 0.05) is 24.5 Å². The molecule has 14 heteroatoms. The van der Waals surface area contributed by atoms with Crippen LogP contribution in [-0.4, -0.2) is 82.8 Å². The normalized spacial score (nSPS) is 21.6. The fourth-order valence-electron chi connectivity index (χ4n) is 6.79. The third-order valence-corrected chi connectivity index (χ3v) is 10.8. The molecule has 0 radical (unpaired) electrons. The summed E-state index contributed by atoms with van der Waals surface area (Å²) in [5, 5.41) is 25.0. The van der Waals surface area contributed by atoms with E-state index in [2.05, 4.69) is 16.3 Å². The largest absolute Gasteiger partial charge is 0.461 e. The van der Waals surface area contributed by atoms with E-state index in [-0.39, 0.29) is 58.6 Å². The van der Waals surface area contributed by atoms with Crippen molar-refractivity contribution in [1.82, 2.24) is 19.8 Å². The van der Waals surface area contributed by atoms with E-state index in [1.165, 1.54) is 6.07 Å². The van der Waals surface area contributed by atoms with Crippen molar-refractivity contribution in [1.29, 1.82) is 5.26 Å². The molecule has 0 aliphatic carbocycles. The van der Waals surface area contributed by atoms with E-state index in [1.54, 1.807) is 18.0 Å². The number of hydrogen-bond donors (Lipinski definition) is 3. The van der Waals surface area contributed by atoms with E-state index < -0.39 is 17.4 Å². The first-order chi connectivity index (χ1) is 21.7. The Balaban J connectivity index is 1.45. The molecule has 2 atom stereocenters. The van der Waals surface area contributed by atoms with Gasteiger partial charge in [0.05, 0.1) is 51.5 Å². The number of aliphatic hydroxyl groups is 1. The van der Waals surface area contributed by atoms with Gasteiger partial charge in [-0.1, -0.05) is 17.7 Å². The molecule has 1 unspecified atom stereocenters. The van der Waals surface area contributed by atoms with Gasteiger partial charge in [0.1, 0.15) is 35.4 Å². The number of nitrogens with two attached hydrogens (primary N) is 1. The minimum absolute atomic E-state index is 0.0328.